The molecule has 2 aliphatic rings. The number of nitrogens with zero attached hydrogens (tertiary/aromatic N) is 2. The molecule has 2 unspecified atom stereocenters. The van der Waals surface area contributed by atoms with E-state index in [4.69, 9.17) is 9.47 Å². The Labute approximate surface area is 166 Å². The molecule has 2 aromatic rings. The maximum absolute atomic E-state index is 12.4. The number of methoxy groups -OCH3 is 1. The first-order chi connectivity index (χ1) is 13.5. The van der Waals surface area contributed by atoms with Crippen LogP contribution in [-0.2, 0) is 10.2 Å². The molecule has 1 saturated heterocycles. The van der Waals surface area contributed by atoms with Crippen LogP contribution in [0.3, 0.4) is 0 Å². The second-order valence-electron chi connectivity index (χ2n) is 7.77. The molecule has 1 aliphatic heterocycles. The molecule has 2 heterocycles. The fourth-order valence-corrected chi connectivity index (χ4v) is 4.66. The first kappa shape index (κ1) is 18.7. The zero-order valence-electron chi connectivity index (χ0n) is 16.6. The highest BCUT2D eigenvalue weighted by atomic mass is 16.5. The van der Waals surface area contributed by atoms with Gasteiger partial charge in [0.25, 0.3) is 0 Å². The molecule has 5 heteroatoms. The second kappa shape index (κ2) is 7.40. The fraction of sp³-hybridized carbons (Fsp3) is 0.391. The zero-order chi connectivity index (χ0) is 19.7. The smallest absolute Gasteiger partial charge is 0.361 e. The molecule has 0 radical (unpaired) electrons. The highest BCUT2D eigenvalue weighted by molar-refractivity contribution is 5.87. The van der Waals surface area contributed by atoms with Gasteiger partial charge in [0.15, 0.2) is 0 Å². The molecule has 0 bridgehead atoms. The van der Waals surface area contributed by atoms with Crippen LogP contribution >= 0.6 is 0 Å². The van der Waals surface area contributed by atoms with Crippen molar-refractivity contribution >= 4 is 5.97 Å². The van der Waals surface area contributed by atoms with E-state index in [1.165, 1.54) is 5.56 Å². The van der Waals surface area contributed by atoms with Crippen LogP contribution in [0, 0.1) is 6.92 Å². The predicted octanol–water partition coefficient (Wildman–Crippen LogP) is 3.88. The van der Waals surface area contributed by atoms with Crippen LogP contribution in [0.2, 0.25) is 0 Å². The Morgan fingerprint density at radius 2 is 2.14 bits per heavy atom. The number of likely N-dealkylation sites (N-methyl/N-ethyl adjacent to an activating group) is 1. The van der Waals surface area contributed by atoms with Crippen LogP contribution < -0.4 is 4.74 Å². The molecule has 0 spiro atoms. The van der Waals surface area contributed by atoms with E-state index >= 15 is 0 Å². The van der Waals surface area contributed by atoms with Crippen LogP contribution in [0.5, 0.6) is 5.75 Å². The first-order valence-corrected chi connectivity index (χ1v) is 9.71. The van der Waals surface area contributed by atoms with Crippen molar-refractivity contribution in [2.24, 2.45) is 0 Å². The van der Waals surface area contributed by atoms with Crippen LogP contribution in [0.15, 0.2) is 54.4 Å². The van der Waals surface area contributed by atoms with Gasteiger partial charge in [-0.25, -0.2) is 9.78 Å². The van der Waals surface area contributed by atoms with E-state index in [1.54, 1.807) is 31.5 Å². The van der Waals surface area contributed by atoms with Crippen LogP contribution in [0.1, 0.15) is 40.9 Å². The molecule has 2 atom stereocenters. The molecule has 1 aromatic heterocycles. The number of ether oxygens (including phenoxy) is 2. The van der Waals surface area contributed by atoms with Crippen molar-refractivity contribution in [3.63, 3.8) is 0 Å². The molecule has 28 heavy (non-hydrogen) atoms. The maximum Gasteiger partial charge on any atom is 0.361 e. The van der Waals surface area contributed by atoms with Gasteiger partial charge in [0.05, 0.1) is 7.11 Å². The molecule has 1 aliphatic carbocycles. The molecule has 1 aromatic carbocycles. The third kappa shape index (κ3) is 3.20. The van der Waals surface area contributed by atoms with Crippen LogP contribution in [0.25, 0.3) is 0 Å². The number of likely N-dealkylation sites (tertiary alicyclic amines) is 1. The minimum absolute atomic E-state index is 0.0483. The highest BCUT2D eigenvalue weighted by Gasteiger charge is 2.49. The summed E-state index contributed by atoms with van der Waals surface area (Å²) >= 11 is 0. The number of hydrogen-bond acceptors (Lipinski definition) is 5. The van der Waals surface area contributed by atoms with E-state index in [0.717, 1.165) is 42.9 Å². The number of rotatable bonds is 4. The topological polar surface area (TPSA) is 51.7 Å². The molecular formula is C23H26N2O3. The van der Waals surface area contributed by atoms with Crippen molar-refractivity contribution < 1.29 is 14.3 Å². The van der Waals surface area contributed by atoms with Gasteiger partial charge >= 0.3 is 5.97 Å². The van der Waals surface area contributed by atoms with Gasteiger partial charge in [-0.2, -0.15) is 0 Å². The van der Waals surface area contributed by atoms with E-state index in [0.29, 0.717) is 11.7 Å². The van der Waals surface area contributed by atoms with E-state index in [2.05, 4.69) is 48.1 Å². The highest BCUT2D eigenvalue weighted by Crippen LogP contribution is 2.48. The van der Waals surface area contributed by atoms with Gasteiger partial charge in [-0.3, -0.25) is 0 Å². The molecule has 4 rings (SSSR count). The maximum atomic E-state index is 12.4. The Morgan fingerprint density at radius 1 is 1.29 bits per heavy atom. The number of aryl methyl sites for hydroxylation is 1. The lowest BCUT2D eigenvalue weighted by Crippen LogP contribution is -2.43. The number of allylic oxidation sites excluding steroid dienone is 1. The average Bonchev–Trinajstić information content (AvgIpc) is 3.06. The minimum atomic E-state index is -0.389. The van der Waals surface area contributed by atoms with Crippen molar-refractivity contribution in [1.82, 2.24) is 9.88 Å². The van der Waals surface area contributed by atoms with Crippen molar-refractivity contribution in [1.29, 1.82) is 0 Å². The summed E-state index contributed by atoms with van der Waals surface area (Å²) in [4.78, 5) is 18.9. The molecule has 0 amide bonds. The van der Waals surface area contributed by atoms with Gasteiger partial charge in [0.2, 0.25) is 0 Å². The molecule has 5 nitrogen and oxygen atoms in total. The van der Waals surface area contributed by atoms with Crippen molar-refractivity contribution in [2.75, 3.05) is 20.7 Å². The molecule has 0 saturated carbocycles. The Balaban J connectivity index is 1.60. The van der Waals surface area contributed by atoms with Gasteiger partial charge in [-0.05, 0) is 68.8 Å². The summed E-state index contributed by atoms with van der Waals surface area (Å²) in [6.45, 7) is 3.12. The molecular weight excluding hydrogens is 352 g/mol. The lowest BCUT2D eigenvalue weighted by molar-refractivity contribution is 0.0573. The Morgan fingerprint density at radius 3 is 2.86 bits per heavy atom. The van der Waals surface area contributed by atoms with Gasteiger partial charge in [-0.15, -0.1) is 0 Å². The minimum Gasteiger partial charge on any atom is -0.496 e. The number of esters is 1. The summed E-state index contributed by atoms with van der Waals surface area (Å²) in [5.41, 5.74) is 2.88. The predicted molar refractivity (Wildman–Crippen MR) is 107 cm³/mol. The van der Waals surface area contributed by atoms with E-state index < -0.39 is 0 Å². The number of hydrogen-bond donors (Lipinski definition) is 0. The number of carbonyl (C=O) groups excluding carboxylic acids is 1. The number of aromatic nitrogens is 1. The monoisotopic (exact) mass is 378 g/mol. The third-order valence-corrected chi connectivity index (χ3v) is 6.24. The largest absolute Gasteiger partial charge is 0.496 e. The van der Waals surface area contributed by atoms with Gasteiger partial charge < -0.3 is 14.4 Å². The van der Waals surface area contributed by atoms with Gasteiger partial charge in [0.1, 0.15) is 17.2 Å². The summed E-state index contributed by atoms with van der Waals surface area (Å²) in [5, 5.41) is 0. The van der Waals surface area contributed by atoms with Crippen molar-refractivity contribution in [2.45, 2.75) is 37.6 Å². The fourth-order valence-electron chi connectivity index (χ4n) is 4.66. The summed E-state index contributed by atoms with van der Waals surface area (Å²) < 4.78 is 11.1. The molecule has 146 valence electrons. The summed E-state index contributed by atoms with van der Waals surface area (Å²) in [6.07, 6.45) is 6.38. The lowest BCUT2D eigenvalue weighted by Gasteiger charge is -2.40. The first-order valence-electron chi connectivity index (χ1n) is 9.71. The van der Waals surface area contributed by atoms with E-state index in [9.17, 15) is 4.79 Å². The Hall–Kier alpha value is -2.66. The van der Waals surface area contributed by atoms with Gasteiger partial charge in [0, 0.05) is 24.1 Å². The normalized spacial score (nSPS) is 24.4. The molecule has 1 fully saturated rings. The summed E-state index contributed by atoms with van der Waals surface area (Å²) in [6, 6.07) is 12.1. The van der Waals surface area contributed by atoms with Crippen LogP contribution in [-0.4, -0.2) is 42.6 Å². The summed E-state index contributed by atoms with van der Waals surface area (Å²) in [5.74, 6) is 1.27. The third-order valence-electron chi connectivity index (χ3n) is 6.24. The lowest BCUT2D eigenvalue weighted by atomic mass is 9.68. The summed E-state index contributed by atoms with van der Waals surface area (Å²) in [7, 11) is 3.87. The van der Waals surface area contributed by atoms with Crippen molar-refractivity contribution in [3.8, 4) is 5.75 Å². The number of carbonyl (C=O) groups is 1. The van der Waals surface area contributed by atoms with E-state index in [1.807, 2.05) is 0 Å². The van der Waals surface area contributed by atoms with Crippen LogP contribution in [0.4, 0.5) is 0 Å². The Bertz CT molecular complexity index is 909. The SMILES string of the molecule is COc1ccc(C23CC=C(OC(=O)c4ccccn4)CC2N(C)CC3)cc1C. The van der Waals surface area contributed by atoms with E-state index in [-0.39, 0.29) is 11.4 Å². The van der Waals surface area contributed by atoms with Crippen molar-refractivity contribution in [3.05, 3.63) is 71.3 Å². The average molecular weight is 378 g/mol. The number of benzene rings is 1. The number of pyridine rings is 1. The second-order valence-corrected chi connectivity index (χ2v) is 7.77. The quantitative estimate of drug-likeness (QED) is 0.756. The Kier molecular flexibility index (Phi) is 4.94. The standard InChI is InChI=1S/C23H26N2O3/c1-16-14-17(7-8-20(16)27-3)23-10-9-18(15-21(23)25(2)13-11-23)28-22(26)19-6-4-5-12-24-19/h4-9,12,14,21H,10-11,13,15H2,1-3H3. The zero-order valence-corrected chi connectivity index (χ0v) is 16.6. The molecule has 0 N–H and O–H groups in total. The number of fused-ring (bicyclic) bond motifs is 1. The van der Waals surface area contributed by atoms with Gasteiger partial charge in [-0.1, -0.05) is 18.2 Å².